The molecule has 0 saturated carbocycles. The van der Waals surface area contributed by atoms with Gasteiger partial charge in [0.2, 0.25) is 0 Å². The summed E-state index contributed by atoms with van der Waals surface area (Å²) in [4.78, 5) is 20.4. The van der Waals surface area contributed by atoms with E-state index in [1.807, 2.05) is 11.3 Å². The first-order chi connectivity index (χ1) is 13.1. The van der Waals surface area contributed by atoms with Crippen LogP contribution in [0.2, 0.25) is 0 Å². The van der Waals surface area contributed by atoms with Gasteiger partial charge >= 0.3 is 0 Å². The largest absolute Gasteiger partial charge is 0.352 e. The van der Waals surface area contributed by atoms with Crippen LogP contribution in [0.5, 0.6) is 0 Å². The van der Waals surface area contributed by atoms with E-state index in [1.165, 1.54) is 17.0 Å². The van der Waals surface area contributed by atoms with Crippen molar-refractivity contribution in [3.8, 4) is 0 Å². The van der Waals surface area contributed by atoms with Crippen molar-refractivity contribution in [1.82, 2.24) is 24.7 Å². The Morgan fingerprint density at radius 2 is 1.93 bits per heavy atom. The number of rotatable bonds is 5. The van der Waals surface area contributed by atoms with Crippen LogP contribution in [-0.2, 0) is 4.84 Å². The Morgan fingerprint density at radius 3 is 2.67 bits per heavy atom. The van der Waals surface area contributed by atoms with Gasteiger partial charge in [-0.3, -0.25) is 14.7 Å². The molecule has 4 aliphatic rings. The van der Waals surface area contributed by atoms with Gasteiger partial charge < -0.3 is 14.7 Å². The molecular formula is C20H32N6O. The van der Waals surface area contributed by atoms with Gasteiger partial charge in [-0.2, -0.15) is 0 Å². The van der Waals surface area contributed by atoms with Crippen LogP contribution in [0.15, 0.2) is 39.6 Å². The van der Waals surface area contributed by atoms with E-state index < -0.39 is 0 Å². The molecule has 0 unspecified atom stereocenters. The van der Waals surface area contributed by atoms with Crippen LogP contribution in [-0.4, -0.2) is 90.6 Å². The molecule has 0 radical (unpaired) electrons. The van der Waals surface area contributed by atoms with Crippen molar-refractivity contribution in [2.45, 2.75) is 27.2 Å². The molecule has 0 aromatic rings. The van der Waals surface area contributed by atoms with E-state index in [0.29, 0.717) is 6.73 Å². The SMILES string of the molecule is CCCN1CC(C)=C(C)C2=C1N1CN(OCN3CCN(C)CC3)C=C1C=N2. The standard InChI is InChI=1S/C20H32N6O/c1-5-6-24-12-16(2)17(3)19-20(24)26-14-25(13-18(26)11-21-19)27-15-23-9-7-22(4)8-10-23/h11,13H,5-10,12,14-15H2,1-4H3. The van der Waals surface area contributed by atoms with E-state index in [0.717, 1.165) is 63.8 Å². The van der Waals surface area contributed by atoms with Gasteiger partial charge in [0.05, 0.1) is 18.1 Å². The number of nitrogens with zero attached hydrogens (tertiary/aromatic N) is 6. The molecule has 0 aromatic carbocycles. The summed E-state index contributed by atoms with van der Waals surface area (Å²) >= 11 is 0. The van der Waals surface area contributed by atoms with Gasteiger partial charge in [-0.25, -0.2) is 5.06 Å². The third-order valence-corrected chi connectivity index (χ3v) is 5.88. The molecule has 148 valence electrons. The lowest BCUT2D eigenvalue weighted by Crippen LogP contribution is -2.46. The zero-order chi connectivity index (χ0) is 19.0. The lowest BCUT2D eigenvalue weighted by molar-refractivity contribution is -0.168. The van der Waals surface area contributed by atoms with Gasteiger partial charge in [0.1, 0.15) is 24.9 Å². The van der Waals surface area contributed by atoms with Gasteiger partial charge in [0.25, 0.3) is 0 Å². The average molecular weight is 373 g/mol. The van der Waals surface area contributed by atoms with Crippen molar-refractivity contribution in [3.63, 3.8) is 0 Å². The maximum Gasteiger partial charge on any atom is 0.137 e. The number of likely N-dealkylation sites (N-methyl/N-ethyl adjacent to an activating group) is 1. The van der Waals surface area contributed by atoms with Crippen molar-refractivity contribution < 1.29 is 4.84 Å². The van der Waals surface area contributed by atoms with Crippen molar-refractivity contribution in [3.05, 3.63) is 34.6 Å². The van der Waals surface area contributed by atoms with Crippen LogP contribution in [0.25, 0.3) is 0 Å². The Hall–Kier alpha value is -1.83. The number of hydroxylamine groups is 2. The minimum atomic E-state index is 0.644. The Morgan fingerprint density at radius 1 is 1.15 bits per heavy atom. The fraction of sp³-hybridized carbons (Fsp3) is 0.650. The summed E-state index contributed by atoms with van der Waals surface area (Å²) in [6, 6.07) is 0. The van der Waals surface area contributed by atoms with Crippen LogP contribution in [0, 0.1) is 0 Å². The highest BCUT2D eigenvalue weighted by atomic mass is 16.7. The molecule has 0 aliphatic carbocycles. The highest BCUT2D eigenvalue weighted by Gasteiger charge is 2.35. The van der Waals surface area contributed by atoms with Crippen molar-refractivity contribution in [2.24, 2.45) is 4.99 Å². The number of hydrogen-bond donors (Lipinski definition) is 0. The summed E-state index contributed by atoms with van der Waals surface area (Å²) in [5.74, 6) is 1.24. The third-order valence-electron chi connectivity index (χ3n) is 5.88. The maximum atomic E-state index is 6.10. The number of hydrogen-bond acceptors (Lipinski definition) is 7. The Labute approximate surface area is 162 Å². The molecule has 27 heavy (non-hydrogen) atoms. The molecule has 0 bridgehead atoms. The van der Waals surface area contributed by atoms with E-state index in [4.69, 9.17) is 9.83 Å². The first-order valence-corrected chi connectivity index (χ1v) is 10.1. The van der Waals surface area contributed by atoms with Gasteiger partial charge in [0, 0.05) is 39.3 Å². The number of fused-ring (bicyclic) bond motifs is 2. The molecular weight excluding hydrogens is 340 g/mol. The monoisotopic (exact) mass is 372 g/mol. The summed E-state index contributed by atoms with van der Waals surface area (Å²) < 4.78 is 0. The van der Waals surface area contributed by atoms with Crippen molar-refractivity contribution >= 4 is 6.21 Å². The molecule has 4 heterocycles. The minimum absolute atomic E-state index is 0.644. The van der Waals surface area contributed by atoms with Crippen LogP contribution in [0.1, 0.15) is 27.2 Å². The van der Waals surface area contributed by atoms with Gasteiger partial charge in [-0.15, -0.1) is 0 Å². The highest BCUT2D eigenvalue weighted by Crippen LogP contribution is 2.36. The van der Waals surface area contributed by atoms with Gasteiger partial charge in [-0.05, 0) is 38.5 Å². The second-order valence-electron chi connectivity index (χ2n) is 7.98. The lowest BCUT2D eigenvalue weighted by atomic mass is 10.0. The molecule has 0 atom stereocenters. The van der Waals surface area contributed by atoms with E-state index in [1.54, 1.807) is 0 Å². The van der Waals surface area contributed by atoms with Crippen LogP contribution in [0.3, 0.4) is 0 Å². The van der Waals surface area contributed by atoms with E-state index in [2.05, 4.69) is 53.6 Å². The van der Waals surface area contributed by atoms with Crippen LogP contribution < -0.4 is 0 Å². The first-order valence-electron chi connectivity index (χ1n) is 10.1. The van der Waals surface area contributed by atoms with Gasteiger partial charge in [0.15, 0.2) is 0 Å². The van der Waals surface area contributed by atoms with E-state index >= 15 is 0 Å². The molecule has 7 nitrogen and oxygen atoms in total. The zero-order valence-corrected chi connectivity index (χ0v) is 17.1. The number of aliphatic imine (C=N–C) groups is 1. The Balaban J connectivity index is 1.45. The quantitative estimate of drug-likeness (QED) is 0.733. The Kier molecular flexibility index (Phi) is 5.25. The predicted molar refractivity (Wildman–Crippen MR) is 107 cm³/mol. The molecule has 0 N–H and O–H groups in total. The van der Waals surface area contributed by atoms with Crippen LogP contribution in [0.4, 0.5) is 0 Å². The molecule has 7 heteroatoms. The molecule has 4 rings (SSSR count). The maximum absolute atomic E-state index is 6.10. The van der Waals surface area contributed by atoms with E-state index in [9.17, 15) is 0 Å². The summed E-state index contributed by atoms with van der Waals surface area (Å²) in [6.07, 6.45) is 5.18. The Bertz CT molecular complexity index is 701. The number of allylic oxidation sites excluding steroid dienone is 2. The summed E-state index contributed by atoms with van der Waals surface area (Å²) in [6.45, 7) is 14.4. The smallest absolute Gasteiger partial charge is 0.137 e. The average Bonchev–Trinajstić information content (AvgIpc) is 3.08. The fourth-order valence-corrected chi connectivity index (χ4v) is 4.02. The molecule has 4 aliphatic heterocycles. The molecule has 0 aromatic heterocycles. The third kappa shape index (κ3) is 3.63. The molecule has 0 amide bonds. The summed E-state index contributed by atoms with van der Waals surface area (Å²) in [5.41, 5.74) is 4.95. The van der Waals surface area contributed by atoms with Gasteiger partial charge in [-0.1, -0.05) is 6.92 Å². The zero-order valence-electron chi connectivity index (χ0n) is 17.1. The fourth-order valence-electron chi connectivity index (χ4n) is 4.02. The van der Waals surface area contributed by atoms with Crippen LogP contribution >= 0.6 is 0 Å². The molecule has 1 fully saturated rings. The van der Waals surface area contributed by atoms with Crippen molar-refractivity contribution in [1.29, 1.82) is 0 Å². The second kappa shape index (κ2) is 7.66. The lowest BCUT2D eigenvalue weighted by Gasteiger charge is -2.40. The highest BCUT2D eigenvalue weighted by molar-refractivity contribution is 5.82. The normalized spacial score (nSPS) is 24.0. The predicted octanol–water partition coefficient (Wildman–Crippen LogP) is 1.85. The summed E-state index contributed by atoms with van der Waals surface area (Å²) in [7, 11) is 2.18. The molecule has 0 spiro atoms. The number of piperazine rings is 1. The van der Waals surface area contributed by atoms with E-state index in [-0.39, 0.29) is 0 Å². The first kappa shape index (κ1) is 18.5. The second-order valence-corrected chi connectivity index (χ2v) is 7.98. The van der Waals surface area contributed by atoms with Crippen molar-refractivity contribution in [2.75, 3.05) is 59.7 Å². The minimum Gasteiger partial charge on any atom is -0.352 e. The topological polar surface area (TPSA) is 37.8 Å². The summed E-state index contributed by atoms with van der Waals surface area (Å²) in [5, 5.41) is 1.96. The molecule has 1 saturated heterocycles.